The molecule has 0 spiro atoms. The van der Waals surface area contributed by atoms with Crippen LogP contribution in [-0.4, -0.2) is 4.98 Å². The fourth-order valence-electron chi connectivity index (χ4n) is 2.30. The lowest BCUT2D eigenvalue weighted by Crippen LogP contribution is -2.05. The summed E-state index contributed by atoms with van der Waals surface area (Å²) in [5, 5.41) is 6.88. The van der Waals surface area contributed by atoms with Gasteiger partial charge in [-0.1, -0.05) is 6.07 Å². The third-order valence-electron chi connectivity index (χ3n) is 3.36. The van der Waals surface area contributed by atoms with Gasteiger partial charge in [0.15, 0.2) is 0 Å². The van der Waals surface area contributed by atoms with Gasteiger partial charge in [0.2, 0.25) is 0 Å². The third kappa shape index (κ3) is 2.58. The van der Waals surface area contributed by atoms with Crippen molar-refractivity contribution >= 4 is 43.9 Å². The first-order valence-electron chi connectivity index (χ1n) is 6.50. The number of aryl methyl sites for hydroxylation is 1. The van der Waals surface area contributed by atoms with Crippen LogP contribution in [0.2, 0.25) is 0 Å². The molecule has 0 saturated carbocycles. The van der Waals surface area contributed by atoms with Gasteiger partial charge in [-0.05, 0) is 59.6 Å². The minimum absolute atomic E-state index is 0.275. The first-order chi connectivity index (χ1) is 9.65. The van der Waals surface area contributed by atoms with Gasteiger partial charge in [-0.3, -0.25) is 4.98 Å². The fraction of sp³-hybridized carbons (Fsp3) is 0.188. The molecule has 2 heterocycles. The van der Waals surface area contributed by atoms with Crippen LogP contribution in [0.25, 0.3) is 10.9 Å². The maximum absolute atomic E-state index is 4.48. The molecule has 0 amide bonds. The van der Waals surface area contributed by atoms with E-state index in [9.17, 15) is 0 Å². The van der Waals surface area contributed by atoms with Crippen LogP contribution >= 0.6 is 27.3 Å². The molecular weight excluding hydrogens is 332 g/mol. The van der Waals surface area contributed by atoms with Gasteiger partial charge >= 0.3 is 0 Å². The molecule has 0 aliphatic carbocycles. The minimum Gasteiger partial charge on any atom is -0.377 e. The number of benzene rings is 1. The van der Waals surface area contributed by atoms with E-state index in [-0.39, 0.29) is 6.04 Å². The van der Waals surface area contributed by atoms with Crippen molar-refractivity contribution in [3.8, 4) is 0 Å². The lowest BCUT2D eigenvalue weighted by molar-refractivity contribution is 0.909. The van der Waals surface area contributed by atoms with E-state index in [1.165, 1.54) is 15.8 Å². The van der Waals surface area contributed by atoms with Gasteiger partial charge in [-0.2, -0.15) is 0 Å². The molecule has 1 unspecified atom stereocenters. The highest BCUT2D eigenvalue weighted by Gasteiger charge is 2.10. The van der Waals surface area contributed by atoms with Gasteiger partial charge in [0, 0.05) is 32.0 Å². The molecule has 102 valence electrons. The monoisotopic (exact) mass is 346 g/mol. The Hall–Kier alpha value is -1.39. The molecule has 20 heavy (non-hydrogen) atoms. The third-order valence-corrected chi connectivity index (χ3v) is 5.23. The summed E-state index contributed by atoms with van der Waals surface area (Å²) in [7, 11) is 0. The van der Waals surface area contributed by atoms with Crippen LogP contribution in [0.15, 0.2) is 46.4 Å². The first kappa shape index (κ1) is 13.6. The molecule has 2 aromatic heterocycles. The molecular formula is C16H15BrN2S. The predicted molar refractivity (Wildman–Crippen MR) is 90.5 cm³/mol. The van der Waals surface area contributed by atoms with E-state index in [0.717, 1.165) is 15.7 Å². The number of nitrogens with one attached hydrogen (secondary N) is 1. The molecule has 1 N–H and O–H groups in total. The Morgan fingerprint density at radius 3 is 2.90 bits per heavy atom. The van der Waals surface area contributed by atoms with Crippen LogP contribution in [0.5, 0.6) is 0 Å². The number of aromatic nitrogens is 1. The van der Waals surface area contributed by atoms with E-state index in [0.29, 0.717) is 0 Å². The van der Waals surface area contributed by atoms with E-state index >= 15 is 0 Å². The summed E-state index contributed by atoms with van der Waals surface area (Å²) < 4.78 is 1.14. The Bertz CT molecular complexity index is 751. The topological polar surface area (TPSA) is 24.9 Å². The molecule has 0 fully saturated rings. The summed E-state index contributed by atoms with van der Waals surface area (Å²) in [6.07, 6.45) is 1.85. The Morgan fingerprint density at radius 1 is 1.30 bits per heavy atom. The van der Waals surface area contributed by atoms with Crippen molar-refractivity contribution in [3.63, 3.8) is 0 Å². The summed E-state index contributed by atoms with van der Waals surface area (Å²) in [6, 6.07) is 10.8. The summed E-state index contributed by atoms with van der Waals surface area (Å²) in [5.74, 6) is 0. The second-order valence-electron chi connectivity index (χ2n) is 4.86. The number of rotatable bonds is 3. The molecule has 0 aliphatic rings. The largest absolute Gasteiger partial charge is 0.377 e. The van der Waals surface area contributed by atoms with Crippen molar-refractivity contribution in [2.24, 2.45) is 0 Å². The maximum atomic E-state index is 4.48. The maximum Gasteiger partial charge on any atom is 0.0751 e. The molecule has 0 saturated heterocycles. The average molecular weight is 347 g/mol. The van der Waals surface area contributed by atoms with Gasteiger partial charge in [0.1, 0.15) is 0 Å². The van der Waals surface area contributed by atoms with Crippen LogP contribution in [0.1, 0.15) is 23.4 Å². The summed E-state index contributed by atoms with van der Waals surface area (Å²) in [5.41, 5.74) is 3.41. The van der Waals surface area contributed by atoms with E-state index in [2.05, 4.69) is 69.7 Å². The fourth-order valence-corrected chi connectivity index (χ4v) is 3.75. The van der Waals surface area contributed by atoms with Crippen LogP contribution < -0.4 is 5.32 Å². The van der Waals surface area contributed by atoms with Crippen LogP contribution in [0.3, 0.4) is 0 Å². The lowest BCUT2D eigenvalue weighted by atomic mass is 10.1. The Balaban J connectivity index is 1.97. The molecule has 1 aromatic carbocycles. The van der Waals surface area contributed by atoms with Gasteiger partial charge < -0.3 is 5.32 Å². The van der Waals surface area contributed by atoms with Gasteiger partial charge in [-0.15, -0.1) is 11.3 Å². The highest BCUT2D eigenvalue weighted by molar-refractivity contribution is 9.10. The quantitative estimate of drug-likeness (QED) is 0.673. The minimum atomic E-state index is 0.275. The molecule has 0 radical (unpaired) electrons. The molecule has 0 bridgehead atoms. The van der Waals surface area contributed by atoms with Crippen LogP contribution in [-0.2, 0) is 0 Å². The smallest absolute Gasteiger partial charge is 0.0751 e. The molecule has 3 rings (SSSR count). The van der Waals surface area contributed by atoms with Crippen molar-refractivity contribution in [2.75, 3.05) is 5.32 Å². The molecule has 2 nitrogen and oxygen atoms in total. The SMILES string of the molecule is Cc1ccc(NC(C)c2cc(Br)cs2)c2cccnc12. The van der Waals surface area contributed by atoms with E-state index in [1.807, 2.05) is 12.3 Å². The standard InChI is InChI=1S/C16H15BrN2S/c1-10-5-6-14(13-4-3-7-18-16(10)13)19-11(2)15-8-12(17)9-20-15/h3-9,11,19H,1-2H3. The van der Waals surface area contributed by atoms with Crippen molar-refractivity contribution < 1.29 is 0 Å². The number of hydrogen-bond acceptors (Lipinski definition) is 3. The highest BCUT2D eigenvalue weighted by Crippen LogP contribution is 2.31. The van der Waals surface area contributed by atoms with Gasteiger partial charge in [0.05, 0.1) is 11.6 Å². The number of anilines is 1. The van der Waals surface area contributed by atoms with Gasteiger partial charge in [0.25, 0.3) is 0 Å². The first-order valence-corrected chi connectivity index (χ1v) is 8.17. The van der Waals surface area contributed by atoms with Crippen molar-refractivity contribution in [1.29, 1.82) is 0 Å². The Morgan fingerprint density at radius 2 is 2.15 bits per heavy atom. The summed E-state index contributed by atoms with van der Waals surface area (Å²) >= 11 is 5.27. The van der Waals surface area contributed by atoms with Gasteiger partial charge in [-0.25, -0.2) is 0 Å². The number of hydrogen-bond donors (Lipinski definition) is 1. The lowest BCUT2D eigenvalue weighted by Gasteiger charge is -2.16. The highest BCUT2D eigenvalue weighted by atomic mass is 79.9. The molecule has 0 aliphatic heterocycles. The zero-order valence-corrected chi connectivity index (χ0v) is 13.8. The number of thiophene rings is 1. The number of fused-ring (bicyclic) bond motifs is 1. The van der Waals surface area contributed by atoms with Crippen molar-refractivity contribution in [1.82, 2.24) is 4.98 Å². The van der Waals surface area contributed by atoms with E-state index in [1.54, 1.807) is 11.3 Å². The Kier molecular flexibility index (Phi) is 3.76. The number of pyridine rings is 1. The average Bonchev–Trinajstić information content (AvgIpc) is 2.89. The van der Waals surface area contributed by atoms with E-state index in [4.69, 9.17) is 0 Å². The second kappa shape index (κ2) is 5.54. The number of halogens is 1. The van der Waals surface area contributed by atoms with E-state index < -0.39 is 0 Å². The van der Waals surface area contributed by atoms with Crippen LogP contribution in [0.4, 0.5) is 5.69 Å². The normalized spacial score (nSPS) is 12.6. The van der Waals surface area contributed by atoms with Crippen molar-refractivity contribution in [2.45, 2.75) is 19.9 Å². The second-order valence-corrected chi connectivity index (χ2v) is 6.72. The summed E-state index contributed by atoms with van der Waals surface area (Å²) in [6.45, 7) is 4.28. The zero-order valence-electron chi connectivity index (χ0n) is 11.4. The Labute approximate surface area is 131 Å². The zero-order chi connectivity index (χ0) is 14.1. The molecule has 4 heteroatoms. The summed E-state index contributed by atoms with van der Waals surface area (Å²) in [4.78, 5) is 5.79. The number of nitrogens with zero attached hydrogens (tertiary/aromatic N) is 1. The molecule has 3 aromatic rings. The predicted octanol–water partition coefficient (Wildman–Crippen LogP) is 5.54. The van der Waals surface area contributed by atoms with Crippen LogP contribution in [0, 0.1) is 6.92 Å². The van der Waals surface area contributed by atoms with Crippen molar-refractivity contribution in [3.05, 3.63) is 56.8 Å². The molecule has 1 atom stereocenters.